The number of carbonyl (C=O) groups is 1. The molecular weight excluding hydrogens is 224 g/mol. The predicted molar refractivity (Wildman–Crippen MR) is 72.7 cm³/mol. The molecule has 1 amide bonds. The summed E-state index contributed by atoms with van der Waals surface area (Å²) in [5.74, 6) is 0.136. The summed E-state index contributed by atoms with van der Waals surface area (Å²) in [4.78, 5) is 13.5. The molecule has 18 heavy (non-hydrogen) atoms. The van der Waals surface area contributed by atoms with Gasteiger partial charge in [-0.2, -0.15) is 0 Å². The van der Waals surface area contributed by atoms with Gasteiger partial charge >= 0.3 is 0 Å². The summed E-state index contributed by atoms with van der Waals surface area (Å²) >= 11 is 0. The van der Waals surface area contributed by atoms with Crippen molar-refractivity contribution in [2.45, 2.75) is 44.6 Å². The molecule has 1 aromatic carbocycles. The first-order chi connectivity index (χ1) is 8.54. The van der Waals surface area contributed by atoms with Crippen LogP contribution in [0.3, 0.4) is 0 Å². The minimum atomic E-state index is 0.136. The molecule has 2 N–H and O–H groups in total. The lowest BCUT2D eigenvalue weighted by Crippen LogP contribution is -2.32. The van der Waals surface area contributed by atoms with E-state index in [1.807, 2.05) is 4.90 Å². The quantitative estimate of drug-likeness (QED) is 0.864. The SMILES string of the molecule is CC(=O)N1CCc2ccc(C3(C(C)N)CC3)cc21. The second-order valence-corrected chi connectivity index (χ2v) is 5.71. The average molecular weight is 244 g/mol. The van der Waals surface area contributed by atoms with Gasteiger partial charge in [0.1, 0.15) is 0 Å². The molecule has 3 heteroatoms. The van der Waals surface area contributed by atoms with E-state index in [-0.39, 0.29) is 17.4 Å². The third-order valence-corrected chi connectivity index (χ3v) is 4.60. The van der Waals surface area contributed by atoms with E-state index < -0.39 is 0 Å². The van der Waals surface area contributed by atoms with E-state index in [0.29, 0.717) is 0 Å². The molecule has 2 aliphatic rings. The summed E-state index contributed by atoms with van der Waals surface area (Å²) in [7, 11) is 0. The van der Waals surface area contributed by atoms with Crippen LogP contribution in [-0.4, -0.2) is 18.5 Å². The zero-order valence-corrected chi connectivity index (χ0v) is 11.1. The van der Waals surface area contributed by atoms with Crippen LogP contribution in [-0.2, 0) is 16.6 Å². The normalized spacial score (nSPS) is 21.6. The van der Waals surface area contributed by atoms with Gasteiger partial charge in [0, 0.05) is 30.6 Å². The lowest BCUT2D eigenvalue weighted by Gasteiger charge is -2.22. The van der Waals surface area contributed by atoms with Crippen molar-refractivity contribution in [2.75, 3.05) is 11.4 Å². The highest BCUT2D eigenvalue weighted by atomic mass is 16.2. The number of anilines is 1. The third-order valence-electron chi connectivity index (χ3n) is 4.60. The van der Waals surface area contributed by atoms with Crippen LogP contribution in [0.5, 0.6) is 0 Å². The van der Waals surface area contributed by atoms with Crippen molar-refractivity contribution in [1.29, 1.82) is 0 Å². The molecule has 0 aromatic heterocycles. The standard InChI is InChI=1S/C15H20N2O/c1-10(16)15(6-7-15)13-4-3-12-5-8-17(11(2)18)14(12)9-13/h3-4,9-10H,5-8,16H2,1-2H3. The predicted octanol–water partition coefficient (Wildman–Crippen LogP) is 1.97. The monoisotopic (exact) mass is 244 g/mol. The molecule has 1 fully saturated rings. The minimum absolute atomic E-state index is 0.136. The molecule has 0 radical (unpaired) electrons. The van der Waals surface area contributed by atoms with Crippen LogP contribution >= 0.6 is 0 Å². The Hall–Kier alpha value is -1.35. The summed E-state index contributed by atoms with van der Waals surface area (Å²) in [6, 6.07) is 6.76. The maximum atomic E-state index is 11.6. The molecule has 0 bridgehead atoms. The highest BCUT2D eigenvalue weighted by Gasteiger charge is 2.47. The lowest BCUT2D eigenvalue weighted by atomic mass is 9.88. The van der Waals surface area contributed by atoms with E-state index in [1.165, 1.54) is 24.0 Å². The fraction of sp³-hybridized carbons (Fsp3) is 0.533. The van der Waals surface area contributed by atoms with Gasteiger partial charge < -0.3 is 10.6 Å². The van der Waals surface area contributed by atoms with Crippen LogP contribution in [0.4, 0.5) is 5.69 Å². The Morgan fingerprint density at radius 1 is 1.44 bits per heavy atom. The van der Waals surface area contributed by atoms with Gasteiger partial charge in [-0.3, -0.25) is 4.79 Å². The number of rotatable bonds is 2. The first kappa shape index (κ1) is 11.7. The van der Waals surface area contributed by atoms with Crippen molar-refractivity contribution in [3.05, 3.63) is 29.3 Å². The molecular formula is C15H20N2O. The second-order valence-electron chi connectivity index (χ2n) is 5.71. The van der Waals surface area contributed by atoms with Crippen molar-refractivity contribution in [2.24, 2.45) is 5.73 Å². The molecule has 1 saturated carbocycles. The molecule has 1 aliphatic heterocycles. The number of fused-ring (bicyclic) bond motifs is 1. The van der Waals surface area contributed by atoms with Gasteiger partial charge in [0.2, 0.25) is 5.91 Å². The van der Waals surface area contributed by atoms with Crippen molar-refractivity contribution in [3.8, 4) is 0 Å². The van der Waals surface area contributed by atoms with Gasteiger partial charge in [0.25, 0.3) is 0 Å². The number of hydrogen-bond donors (Lipinski definition) is 1. The zero-order chi connectivity index (χ0) is 12.9. The number of nitrogens with zero attached hydrogens (tertiary/aromatic N) is 1. The molecule has 1 atom stereocenters. The van der Waals surface area contributed by atoms with Crippen LogP contribution in [0, 0.1) is 0 Å². The third kappa shape index (κ3) is 1.57. The van der Waals surface area contributed by atoms with Crippen LogP contribution < -0.4 is 10.6 Å². The van der Waals surface area contributed by atoms with Gasteiger partial charge in [0.05, 0.1) is 0 Å². The molecule has 1 heterocycles. The van der Waals surface area contributed by atoms with Gasteiger partial charge in [0.15, 0.2) is 0 Å². The summed E-state index contributed by atoms with van der Waals surface area (Å²) in [6.45, 7) is 4.54. The molecule has 1 aromatic rings. The van der Waals surface area contributed by atoms with Crippen LogP contribution in [0.25, 0.3) is 0 Å². The Kier molecular flexibility index (Phi) is 2.49. The average Bonchev–Trinajstić information content (AvgIpc) is 3.03. The van der Waals surface area contributed by atoms with E-state index in [1.54, 1.807) is 6.92 Å². The smallest absolute Gasteiger partial charge is 0.223 e. The van der Waals surface area contributed by atoms with Crippen LogP contribution in [0.1, 0.15) is 37.8 Å². The van der Waals surface area contributed by atoms with E-state index in [9.17, 15) is 4.79 Å². The number of amides is 1. The minimum Gasteiger partial charge on any atom is -0.327 e. The Morgan fingerprint density at radius 3 is 2.72 bits per heavy atom. The van der Waals surface area contributed by atoms with Crippen molar-refractivity contribution >= 4 is 11.6 Å². The first-order valence-corrected chi connectivity index (χ1v) is 6.72. The number of benzene rings is 1. The fourth-order valence-electron chi connectivity index (χ4n) is 3.16. The topological polar surface area (TPSA) is 46.3 Å². The number of nitrogens with two attached hydrogens (primary N) is 1. The Labute approximate surface area is 108 Å². The largest absolute Gasteiger partial charge is 0.327 e. The Balaban J connectivity index is 2.01. The highest BCUT2D eigenvalue weighted by molar-refractivity contribution is 5.93. The van der Waals surface area contributed by atoms with Crippen molar-refractivity contribution < 1.29 is 4.79 Å². The molecule has 3 rings (SSSR count). The molecule has 96 valence electrons. The summed E-state index contributed by atoms with van der Waals surface area (Å²) < 4.78 is 0. The van der Waals surface area contributed by atoms with Gasteiger partial charge in [-0.15, -0.1) is 0 Å². The van der Waals surface area contributed by atoms with Gasteiger partial charge in [-0.25, -0.2) is 0 Å². The number of carbonyl (C=O) groups excluding carboxylic acids is 1. The lowest BCUT2D eigenvalue weighted by molar-refractivity contribution is -0.116. The molecule has 0 spiro atoms. The maximum absolute atomic E-state index is 11.6. The fourth-order valence-corrected chi connectivity index (χ4v) is 3.16. The summed E-state index contributed by atoms with van der Waals surface area (Å²) in [6.07, 6.45) is 3.31. The highest BCUT2D eigenvalue weighted by Crippen LogP contribution is 2.51. The first-order valence-electron chi connectivity index (χ1n) is 6.72. The summed E-state index contributed by atoms with van der Waals surface area (Å²) in [5.41, 5.74) is 9.99. The Bertz CT molecular complexity index is 503. The second kappa shape index (κ2) is 3.82. The van der Waals surface area contributed by atoms with Crippen LogP contribution in [0.2, 0.25) is 0 Å². The van der Waals surface area contributed by atoms with Gasteiger partial charge in [-0.1, -0.05) is 12.1 Å². The maximum Gasteiger partial charge on any atom is 0.223 e. The van der Waals surface area contributed by atoms with E-state index >= 15 is 0 Å². The molecule has 3 nitrogen and oxygen atoms in total. The van der Waals surface area contributed by atoms with E-state index in [0.717, 1.165) is 18.7 Å². The summed E-state index contributed by atoms with van der Waals surface area (Å²) in [5, 5.41) is 0. The zero-order valence-electron chi connectivity index (χ0n) is 11.1. The molecule has 1 unspecified atom stereocenters. The van der Waals surface area contributed by atoms with E-state index in [2.05, 4.69) is 25.1 Å². The van der Waals surface area contributed by atoms with Crippen molar-refractivity contribution in [1.82, 2.24) is 0 Å². The van der Waals surface area contributed by atoms with Gasteiger partial charge in [-0.05, 0) is 43.4 Å². The molecule has 1 aliphatic carbocycles. The number of hydrogen-bond acceptors (Lipinski definition) is 2. The van der Waals surface area contributed by atoms with E-state index in [4.69, 9.17) is 5.73 Å². The Morgan fingerprint density at radius 2 is 2.17 bits per heavy atom. The van der Waals surface area contributed by atoms with Crippen LogP contribution in [0.15, 0.2) is 18.2 Å². The van der Waals surface area contributed by atoms with Crippen molar-refractivity contribution in [3.63, 3.8) is 0 Å². The molecule has 0 saturated heterocycles.